The molecule has 1 fully saturated rings. The molecular formula is C13H23NO4. The van der Waals surface area contributed by atoms with Gasteiger partial charge in [0.05, 0.1) is 6.10 Å². The Morgan fingerprint density at radius 3 is 2.28 bits per heavy atom. The van der Waals surface area contributed by atoms with E-state index in [4.69, 9.17) is 9.47 Å². The zero-order valence-corrected chi connectivity index (χ0v) is 11.9. The van der Waals surface area contributed by atoms with Crippen LogP contribution in [-0.4, -0.2) is 48.2 Å². The lowest BCUT2D eigenvalue weighted by Gasteiger charge is -2.40. The number of rotatable bonds is 4. The number of carbonyl (C=O) groups excluding carboxylic acids is 2. The van der Waals surface area contributed by atoms with Gasteiger partial charge in [0.1, 0.15) is 12.2 Å². The van der Waals surface area contributed by atoms with Crippen molar-refractivity contribution in [1.29, 1.82) is 0 Å². The summed E-state index contributed by atoms with van der Waals surface area (Å²) in [6, 6.07) is 0.150. The minimum absolute atomic E-state index is 0.0268. The molecule has 18 heavy (non-hydrogen) atoms. The molecule has 0 aliphatic heterocycles. The molecular weight excluding hydrogens is 234 g/mol. The van der Waals surface area contributed by atoms with Crippen LogP contribution in [0, 0.1) is 0 Å². The molecule has 0 atom stereocenters. The summed E-state index contributed by atoms with van der Waals surface area (Å²) in [6.07, 6.45) is 1.31. The van der Waals surface area contributed by atoms with Crippen LogP contribution in [0.15, 0.2) is 0 Å². The van der Waals surface area contributed by atoms with Crippen molar-refractivity contribution in [2.24, 2.45) is 0 Å². The van der Waals surface area contributed by atoms with E-state index in [1.54, 1.807) is 11.9 Å². The summed E-state index contributed by atoms with van der Waals surface area (Å²) in [6.45, 7) is 7.20. The molecule has 0 aromatic rings. The maximum absolute atomic E-state index is 11.8. The summed E-state index contributed by atoms with van der Waals surface area (Å²) < 4.78 is 10.7. The summed E-state index contributed by atoms with van der Waals surface area (Å²) in [5.74, 6) is 0.0268. The van der Waals surface area contributed by atoms with Crippen LogP contribution in [0.3, 0.4) is 0 Å². The van der Waals surface area contributed by atoms with E-state index in [-0.39, 0.29) is 30.6 Å². The Labute approximate surface area is 108 Å². The van der Waals surface area contributed by atoms with Crippen molar-refractivity contribution in [2.75, 3.05) is 13.7 Å². The minimum atomic E-state index is -0.473. The van der Waals surface area contributed by atoms with Crippen molar-refractivity contribution in [1.82, 2.24) is 4.90 Å². The number of Topliss-reactive ketones (excluding diaryl/α,β-unsaturated/α-hetero) is 1. The Balaban J connectivity index is 2.28. The van der Waals surface area contributed by atoms with Crippen LogP contribution in [0.5, 0.6) is 0 Å². The third-order valence-electron chi connectivity index (χ3n) is 2.82. The van der Waals surface area contributed by atoms with Crippen LogP contribution in [0.2, 0.25) is 0 Å². The van der Waals surface area contributed by atoms with Crippen molar-refractivity contribution in [3.05, 3.63) is 0 Å². The molecule has 0 heterocycles. The molecule has 1 aliphatic rings. The van der Waals surface area contributed by atoms with Crippen LogP contribution >= 0.6 is 0 Å². The third kappa shape index (κ3) is 4.64. The fourth-order valence-electron chi connectivity index (χ4n) is 1.71. The number of nitrogens with zero attached hydrogens (tertiary/aromatic N) is 1. The molecule has 1 amide bonds. The molecule has 1 saturated carbocycles. The van der Waals surface area contributed by atoms with E-state index < -0.39 is 5.60 Å². The van der Waals surface area contributed by atoms with Crippen LogP contribution < -0.4 is 0 Å². The second-order valence-electron chi connectivity index (χ2n) is 5.85. The minimum Gasteiger partial charge on any atom is -0.444 e. The van der Waals surface area contributed by atoms with Gasteiger partial charge in [-0.2, -0.15) is 0 Å². The zero-order valence-electron chi connectivity index (χ0n) is 11.9. The predicted octanol–water partition coefficient (Wildman–Crippen LogP) is 1.99. The highest BCUT2D eigenvalue weighted by Gasteiger charge is 2.36. The largest absolute Gasteiger partial charge is 0.444 e. The zero-order chi connectivity index (χ0) is 13.9. The van der Waals surface area contributed by atoms with Gasteiger partial charge in [-0.25, -0.2) is 4.79 Å². The van der Waals surface area contributed by atoms with Gasteiger partial charge in [0, 0.05) is 13.1 Å². The van der Waals surface area contributed by atoms with Gasteiger partial charge in [-0.15, -0.1) is 0 Å². The average Bonchev–Trinajstić information content (AvgIpc) is 2.11. The van der Waals surface area contributed by atoms with Crippen molar-refractivity contribution in [2.45, 2.75) is 58.3 Å². The second-order valence-corrected chi connectivity index (χ2v) is 5.85. The van der Waals surface area contributed by atoms with E-state index in [0.717, 1.165) is 12.8 Å². The van der Waals surface area contributed by atoms with Crippen molar-refractivity contribution in [3.8, 4) is 0 Å². The molecule has 0 unspecified atom stereocenters. The standard InChI is InChI=1S/C13H23NO4/c1-9(15)8-17-11-6-10(7-11)14(5)12(16)18-13(2,3)4/h10-11H,6-8H2,1-5H3/t10-,11-. The lowest BCUT2D eigenvalue weighted by atomic mass is 9.88. The first-order chi connectivity index (χ1) is 8.19. The number of hydrogen-bond acceptors (Lipinski definition) is 4. The van der Waals surface area contributed by atoms with E-state index >= 15 is 0 Å². The van der Waals surface area contributed by atoms with Gasteiger partial charge in [-0.05, 0) is 40.5 Å². The molecule has 0 saturated heterocycles. The van der Waals surface area contributed by atoms with Crippen molar-refractivity contribution >= 4 is 11.9 Å². The first-order valence-electron chi connectivity index (χ1n) is 6.26. The Bertz CT molecular complexity index is 315. The number of ketones is 1. The van der Waals surface area contributed by atoms with E-state index in [9.17, 15) is 9.59 Å². The maximum Gasteiger partial charge on any atom is 0.410 e. The first-order valence-corrected chi connectivity index (χ1v) is 6.26. The smallest absolute Gasteiger partial charge is 0.410 e. The molecule has 0 N–H and O–H groups in total. The molecule has 104 valence electrons. The van der Waals surface area contributed by atoms with Gasteiger partial charge in [-0.1, -0.05) is 0 Å². The molecule has 5 heteroatoms. The number of ether oxygens (including phenoxy) is 2. The summed E-state index contributed by atoms with van der Waals surface area (Å²) >= 11 is 0. The van der Waals surface area contributed by atoms with Gasteiger partial charge >= 0.3 is 6.09 Å². The lowest BCUT2D eigenvalue weighted by molar-refractivity contribution is -0.127. The summed E-state index contributed by atoms with van der Waals surface area (Å²) in [4.78, 5) is 24.1. The number of carbonyl (C=O) groups is 2. The summed E-state index contributed by atoms with van der Waals surface area (Å²) in [5.41, 5.74) is -0.473. The lowest BCUT2D eigenvalue weighted by Crippen LogP contribution is -2.50. The summed E-state index contributed by atoms with van der Waals surface area (Å²) in [7, 11) is 1.74. The highest BCUT2D eigenvalue weighted by Crippen LogP contribution is 2.28. The third-order valence-corrected chi connectivity index (χ3v) is 2.82. The van der Waals surface area contributed by atoms with E-state index in [1.807, 2.05) is 20.8 Å². The number of amides is 1. The van der Waals surface area contributed by atoms with Gasteiger partial charge in [0.15, 0.2) is 5.78 Å². The fourth-order valence-corrected chi connectivity index (χ4v) is 1.71. The molecule has 0 bridgehead atoms. The van der Waals surface area contributed by atoms with E-state index in [0.29, 0.717) is 0 Å². The fraction of sp³-hybridized carbons (Fsp3) is 0.846. The predicted molar refractivity (Wildman–Crippen MR) is 67.4 cm³/mol. The van der Waals surface area contributed by atoms with E-state index in [2.05, 4.69) is 0 Å². The molecule has 0 radical (unpaired) electrons. The Morgan fingerprint density at radius 1 is 1.28 bits per heavy atom. The van der Waals surface area contributed by atoms with Crippen LogP contribution in [0.25, 0.3) is 0 Å². The van der Waals surface area contributed by atoms with Gasteiger partial charge in [0.2, 0.25) is 0 Å². The monoisotopic (exact) mass is 257 g/mol. The highest BCUT2D eigenvalue weighted by molar-refractivity contribution is 5.76. The Morgan fingerprint density at radius 2 is 1.83 bits per heavy atom. The summed E-state index contributed by atoms with van der Waals surface area (Å²) in [5, 5.41) is 0. The molecule has 1 rings (SSSR count). The van der Waals surface area contributed by atoms with Crippen LogP contribution in [0.1, 0.15) is 40.5 Å². The van der Waals surface area contributed by atoms with E-state index in [1.165, 1.54) is 6.92 Å². The SMILES string of the molecule is CC(=O)CO[C@H]1C[C@H](N(C)C(=O)OC(C)(C)C)C1. The van der Waals surface area contributed by atoms with Crippen molar-refractivity contribution in [3.63, 3.8) is 0 Å². The second kappa shape index (κ2) is 5.69. The normalized spacial score (nSPS) is 23.2. The van der Waals surface area contributed by atoms with Crippen molar-refractivity contribution < 1.29 is 19.1 Å². The molecule has 1 aliphatic carbocycles. The molecule has 0 aromatic carbocycles. The van der Waals surface area contributed by atoms with Gasteiger partial charge < -0.3 is 14.4 Å². The first kappa shape index (κ1) is 15.0. The molecule has 0 spiro atoms. The molecule has 0 aromatic heterocycles. The topological polar surface area (TPSA) is 55.8 Å². The Kier molecular flexibility index (Phi) is 4.73. The quantitative estimate of drug-likeness (QED) is 0.773. The Hall–Kier alpha value is -1.10. The van der Waals surface area contributed by atoms with Gasteiger partial charge in [0.25, 0.3) is 0 Å². The van der Waals surface area contributed by atoms with Gasteiger partial charge in [-0.3, -0.25) is 4.79 Å². The maximum atomic E-state index is 11.8. The highest BCUT2D eigenvalue weighted by atomic mass is 16.6. The average molecular weight is 257 g/mol. The van der Waals surface area contributed by atoms with Crippen LogP contribution in [-0.2, 0) is 14.3 Å². The van der Waals surface area contributed by atoms with Crippen LogP contribution in [0.4, 0.5) is 4.79 Å². The molecule has 5 nitrogen and oxygen atoms in total. The number of hydrogen-bond donors (Lipinski definition) is 0.